The molecule has 5 nitrogen and oxygen atoms in total. The molecule has 0 bridgehead atoms. The molecule has 1 saturated carbocycles. The summed E-state index contributed by atoms with van der Waals surface area (Å²) in [6, 6.07) is 9.85. The normalized spacial score (nSPS) is 25.9. The van der Waals surface area contributed by atoms with Crippen LogP contribution in [-0.2, 0) is 4.79 Å². The van der Waals surface area contributed by atoms with Crippen LogP contribution < -0.4 is 11.1 Å². The van der Waals surface area contributed by atoms with Crippen LogP contribution in [-0.4, -0.2) is 48.6 Å². The first-order valence-electron chi connectivity index (χ1n) is 10.1. The number of hydrogen-bond donors (Lipinski definition) is 3. The van der Waals surface area contributed by atoms with Gasteiger partial charge in [0, 0.05) is 19.0 Å². The first-order valence-corrected chi connectivity index (χ1v) is 10.1. The molecule has 5 heteroatoms. The highest BCUT2D eigenvalue weighted by atomic mass is 16.3. The minimum absolute atomic E-state index is 0.126. The number of likely N-dealkylation sites (tertiary alicyclic amines) is 1. The Bertz CT molecular complexity index is 558. The molecule has 1 aromatic carbocycles. The van der Waals surface area contributed by atoms with E-state index in [0.717, 1.165) is 57.3 Å². The predicted molar refractivity (Wildman–Crippen MR) is 103 cm³/mol. The van der Waals surface area contributed by atoms with Crippen molar-refractivity contribution in [3.63, 3.8) is 0 Å². The molecule has 1 heterocycles. The van der Waals surface area contributed by atoms with Crippen LogP contribution in [0.5, 0.6) is 0 Å². The standard InChI is InChI=1S/C21H33N3O2/c22-13-18-7-4-8-19(18)21(26)23-14-16-9-11-24(12-10-16)15-20(25)17-5-2-1-3-6-17/h1-3,5-6,16,18-20,25H,4,7-15,22H2,(H,23,26)/t18-,19-,20?/m1/s1. The summed E-state index contributed by atoms with van der Waals surface area (Å²) < 4.78 is 0. The van der Waals surface area contributed by atoms with E-state index < -0.39 is 6.10 Å². The Morgan fingerprint density at radius 1 is 1.19 bits per heavy atom. The number of amides is 1. The Morgan fingerprint density at radius 3 is 2.62 bits per heavy atom. The van der Waals surface area contributed by atoms with Gasteiger partial charge >= 0.3 is 0 Å². The number of nitrogens with two attached hydrogens (primary N) is 1. The monoisotopic (exact) mass is 359 g/mol. The molecule has 1 aromatic rings. The molecule has 1 aliphatic heterocycles. The van der Waals surface area contributed by atoms with E-state index in [9.17, 15) is 9.90 Å². The topological polar surface area (TPSA) is 78.6 Å². The molecule has 1 unspecified atom stereocenters. The van der Waals surface area contributed by atoms with E-state index in [0.29, 0.717) is 24.9 Å². The Kier molecular flexibility index (Phi) is 7.06. The predicted octanol–water partition coefficient (Wildman–Crippen LogP) is 1.92. The molecule has 1 saturated heterocycles. The Balaban J connectivity index is 1.37. The van der Waals surface area contributed by atoms with Crippen molar-refractivity contribution in [3.8, 4) is 0 Å². The number of carbonyl (C=O) groups is 1. The molecule has 2 aliphatic rings. The van der Waals surface area contributed by atoms with Gasteiger partial charge in [0.25, 0.3) is 0 Å². The molecular formula is C21H33N3O2. The van der Waals surface area contributed by atoms with E-state index in [1.807, 2.05) is 30.3 Å². The fourth-order valence-electron chi connectivity index (χ4n) is 4.44. The maximum atomic E-state index is 12.4. The lowest BCUT2D eigenvalue weighted by molar-refractivity contribution is -0.126. The fourth-order valence-corrected chi connectivity index (χ4v) is 4.44. The minimum atomic E-state index is -0.428. The number of piperidine rings is 1. The van der Waals surface area contributed by atoms with Crippen molar-refractivity contribution >= 4 is 5.91 Å². The third-order valence-corrected chi connectivity index (χ3v) is 6.19. The van der Waals surface area contributed by atoms with Crippen LogP contribution in [0.1, 0.15) is 43.8 Å². The van der Waals surface area contributed by atoms with Gasteiger partial charge in [0.1, 0.15) is 0 Å². The second kappa shape index (κ2) is 9.49. The van der Waals surface area contributed by atoms with Crippen molar-refractivity contribution in [3.05, 3.63) is 35.9 Å². The average molecular weight is 360 g/mol. The van der Waals surface area contributed by atoms with Gasteiger partial charge in [-0.3, -0.25) is 4.79 Å². The Hall–Kier alpha value is -1.43. The van der Waals surface area contributed by atoms with Crippen LogP contribution in [0.2, 0.25) is 0 Å². The van der Waals surface area contributed by atoms with Crippen molar-refractivity contribution in [1.82, 2.24) is 10.2 Å². The summed E-state index contributed by atoms with van der Waals surface area (Å²) in [5.74, 6) is 1.25. The summed E-state index contributed by atoms with van der Waals surface area (Å²) in [4.78, 5) is 14.7. The molecule has 4 N–H and O–H groups in total. The van der Waals surface area contributed by atoms with Crippen molar-refractivity contribution in [2.45, 2.75) is 38.2 Å². The fraction of sp³-hybridized carbons (Fsp3) is 0.667. The molecule has 3 atom stereocenters. The summed E-state index contributed by atoms with van der Waals surface area (Å²) in [5.41, 5.74) is 6.77. The zero-order valence-corrected chi connectivity index (χ0v) is 15.6. The average Bonchev–Trinajstić information content (AvgIpc) is 3.17. The lowest BCUT2D eigenvalue weighted by atomic mass is 9.93. The molecular weight excluding hydrogens is 326 g/mol. The zero-order valence-electron chi connectivity index (χ0n) is 15.6. The highest BCUT2D eigenvalue weighted by Gasteiger charge is 2.32. The number of benzene rings is 1. The van der Waals surface area contributed by atoms with Crippen LogP contribution in [0, 0.1) is 17.8 Å². The SMILES string of the molecule is NC[C@H]1CCC[C@H]1C(=O)NCC1CCN(CC(O)c2ccccc2)CC1. The highest BCUT2D eigenvalue weighted by molar-refractivity contribution is 5.79. The zero-order chi connectivity index (χ0) is 18.4. The maximum Gasteiger partial charge on any atom is 0.223 e. The largest absolute Gasteiger partial charge is 0.387 e. The number of β-amino-alcohol motifs (C(OH)–C–C–N with tert-alkyl or cyclic N) is 1. The van der Waals surface area contributed by atoms with Gasteiger partial charge < -0.3 is 21.1 Å². The summed E-state index contributed by atoms with van der Waals surface area (Å²) in [5, 5.41) is 13.6. The lowest BCUT2D eigenvalue weighted by Crippen LogP contribution is -2.42. The quantitative estimate of drug-likeness (QED) is 0.695. The molecule has 144 valence electrons. The second-order valence-corrected chi connectivity index (χ2v) is 7.95. The first-order chi connectivity index (χ1) is 12.7. The Labute approximate surface area is 156 Å². The van der Waals surface area contributed by atoms with Gasteiger partial charge in [-0.2, -0.15) is 0 Å². The number of nitrogens with zero attached hydrogens (tertiary/aromatic N) is 1. The summed E-state index contributed by atoms with van der Waals surface area (Å²) >= 11 is 0. The van der Waals surface area contributed by atoms with Gasteiger partial charge in [0.15, 0.2) is 0 Å². The molecule has 26 heavy (non-hydrogen) atoms. The molecule has 1 amide bonds. The molecule has 3 rings (SSSR count). The van der Waals surface area contributed by atoms with Crippen LogP contribution in [0.3, 0.4) is 0 Å². The van der Waals surface area contributed by atoms with Crippen LogP contribution in [0.4, 0.5) is 0 Å². The first kappa shape index (κ1) is 19.3. The van der Waals surface area contributed by atoms with Crippen LogP contribution in [0.15, 0.2) is 30.3 Å². The van der Waals surface area contributed by atoms with Crippen LogP contribution in [0.25, 0.3) is 0 Å². The third-order valence-electron chi connectivity index (χ3n) is 6.19. The highest BCUT2D eigenvalue weighted by Crippen LogP contribution is 2.31. The minimum Gasteiger partial charge on any atom is -0.387 e. The van der Waals surface area contributed by atoms with E-state index in [-0.39, 0.29) is 11.8 Å². The van der Waals surface area contributed by atoms with Crippen molar-refractivity contribution in [1.29, 1.82) is 0 Å². The van der Waals surface area contributed by atoms with Gasteiger partial charge in [-0.05, 0) is 62.7 Å². The van der Waals surface area contributed by atoms with Gasteiger partial charge in [-0.15, -0.1) is 0 Å². The Morgan fingerprint density at radius 2 is 1.92 bits per heavy atom. The van der Waals surface area contributed by atoms with Crippen molar-refractivity contribution in [2.24, 2.45) is 23.5 Å². The van der Waals surface area contributed by atoms with Gasteiger partial charge in [-0.1, -0.05) is 36.8 Å². The van der Waals surface area contributed by atoms with E-state index in [4.69, 9.17) is 5.73 Å². The van der Waals surface area contributed by atoms with E-state index in [2.05, 4.69) is 10.2 Å². The summed E-state index contributed by atoms with van der Waals surface area (Å²) in [7, 11) is 0. The van der Waals surface area contributed by atoms with Crippen molar-refractivity contribution in [2.75, 3.05) is 32.7 Å². The van der Waals surface area contributed by atoms with Gasteiger partial charge in [-0.25, -0.2) is 0 Å². The number of carbonyl (C=O) groups excluding carboxylic acids is 1. The van der Waals surface area contributed by atoms with Gasteiger partial charge in [0.2, 0.25) is 5.91 Å². The van der Waals surface area contributed by atoms with Crippen LogP contribution >= 0.6 is 0 Å². The lowest BCUT2D eigenvalue weighted by Gasteiger charge is -2.33. The number of rotatable bonds is 7. The molecule has 0 aromatic heterocycles. The smallest absolute Gasteiger partial charge is 0.223 e. The number of hydrogen-bond acceptors (Lipinski definition) is 4. The number of aliphatic hydroxyl groups excluding tert-OH is 1. The second-order valence-electron chi connectivity index (χ2n) is 7.95. The summed E-state index contributed by atoms with van der Waals surface area (Å²) in [6.45, 7) is 4.06. The van der Waals surface area contributed by atoms with Crippen molar-refractivity contribution < 1.29 is 9.90 Å². The molecule has 0 radical (unpaired) electrons. The number of nitrogens with one attached hydrogen (secondary N) is 1. The van der Waals surface area contributed by atoms with E-state index in [1.54, 1.807) is 0 Å². The molecule has 0 spiro atoms. The summed E-state index contributed by atoms with van der Waals surface area (Å²) in [6.07, 6.45) is 4.94. The molecule has 1 aliphatic carbocycles. The van der Waals surface area contributed by atoms with E-state index in [1.165, 1.54) is 0 Å². The molecule has 2 fully saturated rings. The van der Waals surface area contributed by atoms with Gasteiger partial charge in [0.05, 0.1) is 6.10 Å². The third kappa shape index (κ3) is 5.06. The number of aliphatic hydroxyl groups is 1. The maximum absolute atomic E-state index is 12.4. The van der Waals surface area contributed by atoms with E-state index >= 15 is 0 Å².